The van der Waals surface area contributed by atoms with Crippen LogP contribution in [0.5, 0.6) is 5.75 Å². The number of imide groups is 1. The number of nitrogens with one attached hydrogen (secondary N) is 2. The Balaban J connectivity index is 1.26. The van der Waals surface area contributed by atoms with Crippen LogP contribution >= 0.6 is 24.0 Å². The van der Waals surface area contributed by atoms with Gasteiger partial charge in [-0.1, -0.05) is 30.0 Å². The highest BCUT2D eigenvalue weighted by Gasteiger charge is 2.33. The van der Waals surface area contributed by atoms with E-state index in [2.05, 4.69) is 20.9 Å². The molecule has 1 fully saturated rings. The van der Waals surface area contributed by atoms with E-state index in [9.17, 15) is 19.2 Å². The first-order chi connectivity index (χ1) is 16.9. The van der Waals surface area contributed by atoms with Crippen molar-refractivity contribution < 1.29 is 23.9 Å². The summed E-state index contributed by atoms with van der Waals surface area (Å²) in [5.41, 5.74) is 3.90. The monoisotopic (exact) mass is 510 g/mol. The molecule has 1 aromatic heterocycles. The molecule has 178 valence electrons. The Labute approximate surface area is 208 Å². The molecule has 4 rings (SSSR count). The molecule has 3 aromatic rings. The third kappa shape index (κ3) is 6.28. The van der Waals surface area contributed by atoms with E-state index < -0.39 is 28.3 Å². The molecule has 0 bridgehead atoms. The molecule has 1 aliphatic heterocycles. The molecule has 0 radical (unpaired) electrons. The van der Waals surface area contributed by atoms with Crippen molar-refractivity contribution in [2.45, 2.75) is 18.2 Å². The topological polar surface area (TPSA) is 137 Å². The number of esters is 1. The zero-order valence-corrected chi connectivity index (χ0v) is 19.6. The van der Waals surface area contributed by atoms with Crippen LogP contribution in [0.1, 0.15) is 12.0 Å². The molecule has 2 aromatic carbocycles. The van der Waals surface area contributed by atoms with E-state index in [1.165, 1.54) is 10.9 Å². The minimum atomic E-state index is -0.785. The normalized spacial score (nSPS) is 15.3. The second kappa shape index (κ2) is 10.9. The molecule has 1 atom stereocenters. The highest BCUT2D eigenvalue weighted by Crippen LogP contribution is 2.23. The Kier molecular flexibility index (Phi) is 7.48. The minimum Gasteiger partial charge on any atom is -0.426 e. The second-order valence-electron chi connectivity index (χ2n) is 7.20. The second-order valence-corrected chi connectivity index (χ2v) is 8.74. The number of aromatic nitrogens is 3. The summed E-state index contributed by atoms with van der Waals surface area (Å²) in [7, 11) is 0. The lowest BCUT2D eigenvalue weighted by atomic mass is 10.2. The maximum absolute atomic E-state index is 12.2. The van der Waals surface area contributed by atoms with Gasteiger partial charge >= 0.3 is 5.97 Å². The van der Waals surface area contributed by atoms with E-state index in [0.29, 0.717) is 10.3 Å². The fourth-order valence-electron chi connectivity index (χ4n) is 3.04. The van der Waals surface area contributed by atoms with Crippen LogP contribution in [-0.2, 0) is 20.9 Å². The van der Waals surface area contributed by atoms with Gasteiger partial charge in [-0.05, 0) is 54.2 Å². The van der Waals surface area contributed by atoms with Gasteiger partial charge in [-0.2, -0.15) is 10.2 Å². The summed E-state index contributed by atoms with van der Waals surface area (Å²) < 4.78 is 8.65. The Bertz CT molecular complexity index is 1350. The molecule has 3 amide bonds. The van der Waals surface area contributed by atoms with Crippen LogP contribution in [0.15, 0.2) is 66.0 Å². The molecule has 1 aliphatic rings. The van der Waals surface area contributed by atoms with Crippen molar-refractivity contribution in [2.75, 3.05) is 0 Å². The molecule has 0 spiro atoms. The lowest BCUT2D eigenvalue weighted by molar-refractivity contribution is -0.135. The van der Waals surface area contributed by atoms with Gasteiger partial charge in [0, 0.05) is 5.69 Å². The summed E-state index contributed by atoms with van der Waals surface area (Å²) in [6.07, 6.45) is 2.75. The van der Waals surface area contributed by atoms with E-state index in [4.69, 9.17) is 17.0 Å². The highest BCUT2D eigenvalue weighted by atomic mass is 32.2. The average Bonchev–Trinajstić information content (AvgIpc) is 3.35. The van der Waals surface area contributed by atoms with Gasteiger partial charge in [0.05, 0.1) is 12.6 Å². The Morgan fingerprint density at radius 1 is 1.17 bits per heavy atom. The van der Waals surface area contributed by atoms with Gasteiger partial charge in [-0.15, -0.1) is 0 Å². The van der Waals surface area contributed by atoms with Gasteiger partial charge in [-0.3, -0.25) is 29.1 Å². The maximum atomic E-state index is 12.2. The van der Waals surface area contributed by atoms with E-state index in [1.807, 2.05) is 30.3 Å². The van der Waals surface area contributed by atoms with Crippen LogP contribution in [0.25, 0.3) is 5.69 Å². The van der Waals surface area contributed by atoms with Gasteiger partial charge in [0.2, 0.25) is 10.7 Å². The number of hydrogen-bond donors (Lipinski definition) is 2. The third-order valence-corrected chi connectivity index (χ3v) is 6.08. The fourth-order valence-corrected chi connectivity index (χ4v) is 4.10. The number of thioether (sulfide) groups is 1. The number of para-hydroxylation sites is 1. The van der Waals surface area contributed by atoms with Crippen LogP contribution in [0.4, 0.5) is 4.79 Å². The fraction of sp³-hybridized carbons (Fsp3) is 0.136. The number of carbonyl (C=O) groups excluding carboxylic acids is 4. The smallest absolute Gasteiger partial charge is 0.312 e. The zero-order chi connectivity index (χ0) is 24.8. The molecule has 0 aliphatic carbocycles. The van der Waals surface area contributed by atoms with Crippen LogP contribution in [0.3, 0.4) is 0 Å². The third-order valence-electron chi connectivity index (χ3n) is 4.69. The van der Waals surface area contributed by atoms with Crippen LogP contribution in [-0.4, -0.2) is 48.8 Å². The standard InChI is InChI=1S/C22H18N6O5S2/c29-18(12-28-22(34)27(13-24-28)15-4-2-1-3-5-15)26-23-11-14-6-8-16(9-7-14)33-19(30)10-17-20(31)25-21(32)35-17/h1-9,11,13,17H,10,12H2,(H,26,29)(H,25,31,32)/b23-11-/t17-/m1/s1. The highest BCUT2D eigenvalue weighted by molar-refractivity contribution is 8.15. The van der Waals surface area contributed by atoms with Crippen molar-refractivity contribution in [3.05, 3.63) is 71.3 Å². The van der Waals surface area contributed by atoms with Crippen LogP contribution < -0.4 is 15.5 Å². The van der Waals surface area contributed by atoms with E-state index in [-0.39, 0.29) is 18.7 Å². The molecule has 0 unspecified atom stereocenters. The molecule has 2 heterocycles. The molecule has 35 heavy (non-hydrogen) atoms. The first kappa shape index (κ1) is 24.0. The Morgan fingerprint density at radius 3 is 2.60 bits per heavy atom. The molecule has 0 saturated carbocycles. The first-order valence-electron chi connectivity index (χ1n) is 10.2. The summed E-state index contributed by atoms with van der Waals surface area (Å²) in [6, 6.07) is 15.8. The Hall–Kier alpha value is -4.10. The zero-order valence-electron chi connectivity index (χ0n) is 18.0. The van der Waals surface area contributed by atoms with Gasteiger partial charge in [0.1, 0.15) is 23.9 Å². The van der Waals surface area contributed by atoms with Crippen LogP contribution in [0, 0.1) is 4.77 Å². The van der Waals surface area contributed by atoms with Crippen molar-refractivity contribution in [1.82, 2.24) is 25.1 Å². The number of benzene rings is 2. The number of carbonyl (C=O) groups is 4. The SMILES string of the molecule is O=C(Cn1ncn(-c2ccccc2)c1=S)N/N=C\c1ccc(OC(=O)C[C@H]2SC(=O)NC2=O)cc1. The van der Waals surface area contributed by atoms with Crippen molar-refractivity contribution in [3.63, 3.8) is 0 Å². The van der Waals surface area contributed by atoms with E-state index in [0.717, 1.165) is 17.4 Å². The molecule has 2 N–H and O–H groups in total. The number of ether oxygens (including phenoxy) is 1. The average molecular weight is 511 g/mol. The van der Waals surface area contributed by atoms with Crippen molar-refractivity contribution in [2.24, 2.45) is 5.10 Å². The summed E-state index contributed by atoms with van der Waals surface area (Å²) >= 11 is 6.14. The largest absolute Gasteiger partial charge is 0.426 e. The summed E-state index contributed by atoms with van der Waals surface area (Å²) in [5, 5.41) is 8.92. The molecular weight excluding hydrogens is 492 g/mol. The molecule has 11 nitrogen and oxygen atoms in total. The van der Waals surface area contributed by atoms with Crippen LogP contribution in [0.2, 0.25) is 0 Å². The number of amides is 3. The van der Waals surface area contributed by atoms with Gasteiger partial charge < -0.3 is 4.74 Å². The lowest BCUT2D eigenvalue weighted by Gasteiger charge is -2.06. The van der Waals surface area contributed by atoms with E-state index in [1.54, 1.807) is 35.2 Å². The predicted octanol–water partition coefficient (Wildman–Crippen LogP) is 2.20. The lowest BCUT2D eigenvalue weighted by Crippen LogP contribution is -2.27. The molecule has 13 heteroatoms. The van der Waals surface area contributed by atoms with Gasteiger partial charge in [0.25, 0.3) is 11.1 Å². The first-order valence-corrected chi connectivity index (χ1v) is 11.5. The minimum absolute atomic E-state index is 0.103. The van der Waals surface area contributed by atoms with E-state index >= 15 is 0 Å². The molecular formula is C22H18N6O5S2. The number of hydrazone groups is 1. The van der Waals surface area contributed by atoms with Gasteiger partial charge in [-0.25, -0.2) is 10.1 Å². The molecule has 1 saturated heterocycles. The van der Waals surface area contributed by atoms with Gasteiger partial charge in [0.15, 0.2) is 0 Å². The summed E-state index contributed by atoms with van der Waals surface area (Å²) in [5.74, 6) is -1.27. The number of rotatable bonds is 8. The summed E-state index contributed by atoms with van der Waals surface area (Å²) in [6.45, 7) is -0.103. The quantitative estimate of drug-likeness (QED) is 0.155. The van der Waals surface area contributed by atoms with Crippen molar-refractivity contribution in [1.29, 1.82) is 0 Å². The number of nitrogens with zero attached hydrogens (tertiary/aromatic N) is 4. The van der Waals surface area contributed by atoms with Crippen molar-refractivity contribution >= 4 is 53.2 Å². The summed E-state index contributed by atoms with van der Waals surface area (Å²) in [4.78, 5) is 46.9. The number of hydrogen-bond acceptors (Lipinski definition) is 9. The maximum Gasteiger partial charge on any atom is 0.312 e. The van der Waals surface area contributed by atoms with Crippen molar-refractivity contribution in [3.8, 4) is 11.4 Å². The Morgan fingerprint density at radius 2 is 1.91 bits per heavy atom. The predicted molar refractivity (Wildman–Crippen MR) is 130 cm³/mol.